The molecule has 4 nitrogen and oxygen atoms in total. The van der Waals surface area contributed by atoms with Crippen molar-refractivity contribution in [2.24, 2.45) is 5.73 Å². The summed E-state index contributed by atoms with van der Waals surface area (Å²) in [4.78, 5) is 11.3. The molecule has 0 bridgehead atoms. The van der Waals surface area contributed by atoms with Gasteiger partial charge in [-0.25, -0.2) is 4.79 Å². The van der Waals surface area contributed by atoms with Crippen molar-refractivity contribution in [2.75, 3.05) is 13.2 Å². The van der Waals surface area contributed by atoms with Gasteiger partial charge in [0.05, 0.1) is 18.8 Å². The third kappa shape index (κ3) is 3.64. The summed E-state index contributed by atoms with van der Waals surface area (Å²) in [6, 6.07) is 6.80. The fraction of sp³-hybridized carbons (Fsp3) is 0.417. The van der Waals surface area contributed by atoms with Gasteiger partial charge in [-0.15, -0.1) is 0 Å². The van der Waals surface area contributed by atoms with Crippen molar-refractivity contribution >= 4 is 5.97 Å². The fourth-order valence-corrected chi connectivity index (χ4v) is 1.36. The highest BCUT2D eigenvalue weighted by atomic mass is 16.5. The number of hydrogen-bond donors (Lipinski definition) is 2. The summed E-state index contributed by atoms with van der Waals surface area (Å²) in [6.07, 6.45) is 0.597. The van der Waals surface area contributed by atoms with Crippen LogP contribution in [0.4, 0.5) is 0 Å². The minimum absolute atomic E-state index is 0.0420. The number of hydrogen-bond acceptors (Lipinski definition) is 4. The number of aliphatic hydroxyl groups excluding tert-OH is 1. The second-order valence-electron chi connectivity index (χ2n) is 3.56. The van der Waals surface area contributed by atoms with Crippen molar-refractivity contribution in [3.63, 3.8) is 0 Å². The van der Waals surface area contributed by atoms with Gasteiger partial charge in [0, 0.05) is 6.04 Å². The smallest absolute Gasteiger partial charge is 0.338 e. The lowest BCUT2D eigenvalue weighted by Gasteiger charge is -2.08. The highest BCUT2D eigenvalue weighted by Gasteiger charge is 2.07. The molecule has 1 rings (SSSR count). The van der Waals surface area contributed by atoms with Gasteiger partial charge in [0.25, 0.3) is 0 Å². The number of aliphatic hydroxyl groups is 1. The van der Waals surface area contributed by atoms with Crippen molar-refractivity contribution < 1.29 is 14.6 Å². The predicted molar refractivity (Wildman–Crippen MR) is 61.2 cm³/mol. The standard InChI is InChI=1S/C12H17NO3/c1-2-16-12(15)10-5-3-9(4-6-10)7-11(13)8-14/h3-6,11,14H,2,7-8,13H2,1H3/t11-/m1/s1. The van der Waals surface area contributed by atoms with E-state index in [1.54, 1.807) is 19.1 Å². The number of rotatable bonds is 5. The maximum atomic E-state index is 11.3. The van der Waals surface area contributed by atoms with E-state index in [4.69, 9.17) is 15.6 Å². The molecule has 0 aliphatic carbocycles. The lowest BCUT2D eigenvalue weighted by Crippen LogP contribution is -2.26. The minimum Gasteiger partial charge on any atom is -0.462 e. The first-order valence-electron chi connectivity index (χ1n) is 5.30. The number of ether oxygens (including phenoxy) is 1. The highest BCUT2D eigenvalue weighted by molar-refractivity contribution is 5.89. The SMILES string of the molecule is CCOC(=O)c1ccc(C[C@@H](N)CO)cc1. The van der Waals surface area contributed by atoms with E-state index >= 15 is 0 Å². The zero-order chi connectivity index (χ0) is 12.0. The van der Waals surface area contributed by atoms with Crippen molar-refractivity contribution in [3.8, 4) is 0 Å². The molecule has 0 aromatic heterocycles. The molecule has 1 aromatic rings. The zero-order valence-electron chi connectivity index (χ0n) is 9.35. The van der Waals surface area contributed by atoms with Crippen LogP contribution in [0.2, 0.25) is 0 Å². The topological polar surface area (TPSA) is 72.5 Å². The largest absolute Gasteiger partial charge is 0.462 e. The van der Waals surface area contributed by atoms with E-state index < -0.39 is 0 Å². The summed E-state index contributed by atoms with van der Waals surface area (Å²) in [5, 5.41) is 8.81. The average molecular weight is 223 g/mol. The Bertz CT molecular complexity index is 335. The first kappa shape index (κ1) is 12.7. The summed E-state index contributed by atoms with van der Waals surface area (Å²) >= 11 is 0. The fourth-order valence-electron chi connectivity index (χ4n) is 1.36. The van der Waals surface area contributed by atoms with Gasteiger partial charge in [0.2, 0.25) is 0 Å². The van der Waals surface area contributed by atoms with Gasteiger partial charge in [-0.2, -0.15) is 0 Å². The summed E-state index contributed by atoms with van der Waals surface area (Å²) in [5.41, 5.74) is 7.13. The molecule has 0 heterocycles. The quantitative estimate of drug-likeness (QED) is 0.722. The molecule has 0 spiro atoms. The van der Waals surface area contributed by atoms with Crippen LogP contribution in [0.1, 0.15) is 22.8 Å². The zero-order valence-corrected chi connectivity index (χ0v) is 9.35. The van der Waals surface area contributed by atoms with E-state index in [1.165, 1.54) is 0 Å². The number of esters is 1. The van der Waals surface area contributed by atoms with E-state index in [-0.39, 0.29) is 18.6 Å². The van der Waals surface area contributed by atoms with Gasteiger partial charge in [-0.05, 0) is 31.0 Å². The summed E-state index contributed by atoms with van der Waals surface area (Å²) < 4.78 is 4.87. The lowest BCUT2D eigenvalue weighted by molar-refractivity contribution is 0.0526. The first-order valence-corrected chi connectivity index (χ1v) is 5.30. The summed E-state index contributed by atoms with van der Waals surface area (Å²) in [6.45, 7) is 2.10. The van der Waals surface area contributed by atoms with E-state index in [0.29, 0.717) is 18.6 Å². The van der Waals surface area contributed by atoms with Gasteiger partial charge in [0.1, 0.15) is 0 Å². The minimum atomic E-state index is -0.319. The highest BCUT2D eigenvalue weighted by Crippen LogP contribution is 2.07. The number of carbonyl (C=O) groups excluding carboxylic acids is 1. The molecule has 0 amide bonds. The van der Waals surface area contributed by atoms with Crippen LogP contribution in [-0.2, 0) is 11.2 Å². The van der Waals surface area contributed by atoms with E-state index in [9.17, 15) is 4.79 Å². The number of nitrogens with two attached hydrogens (primary N) is 1. The Morgan fingerprint density at radius 1 is 1.44 bits per heavy atom. The van der Waals surface area contributed by atoms with E-state index in [0.717, 1.165) is 5.56 Å². The molecule has 1 aromatic carbocycles. The Balaban J connectivity index is 2.64. The molecule has 4 heteroatoms. The van der Waals surface area contributed by atoms with E-state index in [1.807, 2.05) is 12.1 Å². The van der Waals surface area contributed by atoms with Crippen LogP contribution in [0.15, 0.2) is 24.3 Å². The number of carbonyl (C=O) groups is 1. The van der Waals surface area contributed by atoms with Crippen LogP contribution >= 0.6 is 0 Å². The molecule has 0 fully saturated rings. The number of benzene rings is 1. The maximum absolute atomic E-state index is 11.3. The molecule has 1 atom stereocenters. The van der Waals surface area contributed by atoms with Crippen LogP contribution in [0.3, 0.4) is 0 Å². The molecule has 0 aliphatic heterocycles. The molecule has 3 N–H and O–H groups in total. The third-order valence-corrected chi connectivity index (χ3v) is 2.20. The van der Waals surface area contributed by atoms with Crippen molar-refractivity contribution in [1.82, 2.24) is 0 Å². The lowest BCUT2D eigenvalue weighted by atomic mass is 10.1. The third-order valence-electron chi connectivity index (χ3n) is 2.20. The summed E-state index contributed by atoms with van der Waals surface area (Å²) in [7, 11) is 0. The van der Waals surface area contributed by atoms with Gasteiger partial charge < -0.3 is 15.6 Å². The Morgan fingerprint density at radius 3 is 2.56 bits per heavy atom. The molecule has 0 saturated carbocycles. The van der Waals surface area contributed by atoms with Crippen LogP contribution in [0.25, 0.3) is 0 Å². The molecule has 16 heavy (non-hydrogen) atoms. The summed E-state index contributed by atoms with van der Waals surface area (Å²) in [5.74, 6) is -0.319. The molecular weight excluding hydrogens is 206 g/mol. The monoisotopic (exact) mass is 223 g/mol. The molecule has 0 unspecified atom stereocenters. The first-order chi connectivity index (χ1) is 7.67. The second kappa shape index (κ2) is 6.25. The Morgan fingerprint density at radius 2 is 2.06 bits per heavy atom. The van der Waals surface area contributed by atoms with Crippen LogP contribution in [0, 0.1) is 0 Å². The predicted octanol–water partition coefficient (Wildman–Crippen LogP) is 0.725. The van der Waals surface area contributed by atoms with Crippen LogP contribution in [0.5, 0.6) is 0 Å². The van der Waals surface area contributed by atoms with Crippen LogP contribution < -0.4 is 5.73 Å². The molecule has 0 radical (unpaired) electrons. The molecular formula is C12H17NO3. The second-order valence-corrected chi connectivity index (χ2v) is 3.56. The van der Waals surface area contributed by atoms with Gasteiger partial charge in [-0.3, -0.25) is 0 Å². The normalized spacial score (nSPS) is 12.2. The Kier molecular flexibility index (Phi) is 4.95. The van der Waals surface area contributed by atoms with Gasteiger partial charge in [-0.1, -0.05) is 12.1 Å². The van der Waals surface area contributed by atoms with Crippen molar-refractivity contribution in [1.29, 1.82) is 0 Å². The van der Waals surface area contributed by atoms with Crippen molar-refractivity contribution in [3.05, 3.63) is 35.4 Å². The Hall–Kier alpha value is -1.39. The van der Waals surface area contributed by atoms with Gasteiger partial charge >= 0.3 is 5.97 Å². The molecule has 88 valence electrons. The molecule has 0 saturated heterocycles. The Labute approximate surface area is 95.0 Å². The van der Waals surface area contributed by atoms with Gasteiger partial charge in [0.15, 0.2) is 0 Å². The average Bonchev–Trinajstić information content (AvgIpc) is 2.30. The maximum Gasteiger partial charge on any atom is 0.338 e. The molecule has 0 aliphatic rings. The van der Waals surface area contributed by atoms with E-state index in [2.05, 4.69) is 0 Å². The van der Waals surface area contributed by atoms with Crippen LogP contribution in [-0.4, -0.2) is 30.3 Å². The van der Waals surface area contributed by atoms with Crippen molar-refractivity contribution in [2.45, 2.75) is 19.4 Å².